The Hall–Kier alpha value is -1.02. The number of thioether (sulfide) groups is 1. The zero-order valence-corrected chi connectivity index (χ0v) is 15.7. The molecular formula is C17H22N2O3S2. The van der Waals surface area contributed by atoms with Crippen molar-refractivity contribution in [1.29, 1.82) is 0 Å². The molecule has 1 fully saturated rings. The van der Waals surface area contributed by atoms with Crippen LogP contribution < -0.4 is 0 Å². The van der Waals surface area contributed by atoms with Crippen LogP contribution in [0.5, 0.6) is 0 Å². The Morgan fingerprint density at radius 3 is 2.62 bits per heavy atom. The Morgan fingerprint density at radius 1 is 1.33 bits per heavy atom. The lowest BCUT2D eigenvalue weighted by atomic mass is 10.1. The topological polar surface area (TPSA) is 69.4 Å². The lowest BCUT2D eigenvalue weighted by Crippen LogP contribution is -2.42. The van der Waals surface area contributed by atoms with Crippen LogP contribution in [0.1, 0.15) is 45.2 Å². The van der Waals surface area contributed by atoms with Crippen LogP contribution in [-0.4, -0.2) is 30.3 Å². The summed E-state index contributed by atoms with van der Waals surface area (Å²) in [5, 5.41) is 11.8. The van der Waals surface area contributed by atoms with Crippen LogP contribution in [0.25, 0.3) is 0 Å². The zero-order chi connectivity index (χ0) is 17.5. The van der Waals surface area contributed by atoms with E-state index in [4.69, 9.17) is 0 Å². The van der Waals surface area contributed by atoms with Gasteiger partial charge in [0, 0.05) is 33.6 Å². The van der Waals surface area contributed by atoms with Crippen LogP contribution in [0.15, 0.2) is 35.2 Å². The molecule has 1 aromatic rings. The van der Waals surface area contributed by atoms with Gasteiger partial charge in [0.15, 0.2) is 0 Å². The van der Waals surface area contributed by atoms with Gasteiger partial charge >= 0.3 is 0 Å². The number of hydrogen-bond acceptors (Lipinski definition) is 5. The molecule has 1 saturated carbocycles. The van der Waals surface area contributed by atoms with Gasteiger partial charge in [-0.3, -0.25) is 10.1 Å². The van der Waals surface area contributed by atoms with Gasteiger partial charge in [0.05, 0.1) is 11.5 Å². The molecule has 3 rings (SSSR count). The number of benzene rings is 1. The summed E-state index contributed by atoms with van der Waals surface area (Å²) in [6.45, 7) is 6.45. The number of nitro groups is 1. The molecule has 0 bridgehead atoms. The number of nitro benzene ring substituents is 1. The van der Waals surface area contributed by atoms with Crippen molar-refractivity contribution in [3.05, 3.63) is 46.0 Å². The van der Waals surface area contributed by atoms with Crippen LogP contribution in [0.2, 0.25) is 0 Å². The smallest absolute Gasteiger partial charge is 0.269 e. The average molecular weight is 367 g/mol. The number of non-ortho nitro benzene ring substituents is 1. The largest absolute Gasteiger partial charge is 0.597 e. The lowest BCUT2D eigenvalue weighted by molar-refractivity contribution is -0.385. The van der Waals surface area contributed by atoms with E-state index in [9.17, 15) is 14.7 Å². The van der Waals surface area contributed by atoms with Gasteiger partial charge in [0.2, 0.25) is 0 Å². The van der Waals surface area contributed by atoms with Crippen LogP contribution in [0.3, 0.4) is 0 Å². The SMILES string of the molecule is CC(C)(C)[S@+]([O-])N1CC=CC1c1cc([N+](=O)[O-])ccc1SC1CC1. The summed E-state index contributed by atoms with van der Waals surface area (Å²) in [6, 6.07) is 4.89. The van der Waals surface area contributed by atoms with Gasteiger partial charge < -0.3 is 4.55 Å². The van der Waals surface area contributed by atoms with Crippen LogP contribution in [0, 0.1) is 10.1 Å². The molecule has 0 aromatic heterocycles. The molecule has 2 atom stereocenters. The fraction of sp³-hybridized carbons (Fsp3) is 0.529. The molecule has 0 N–H and O–H groups in total. The van der Waals surface area contributed by atoms with Gasteiger partial charge in [-0.25, -0.2) is 0 Å². The van der Waals surface area contributed by atoms with Gasteiger partial charge in [-0.1, -0.05) is 12.2 Å². The first-order valence-electron chi connectivity index (χ1n) is 8.07. The number of rotatable bonds is 5. The second-order valence-electron chi connectivity index (χ2n) is 7.13. The van der Waals surface area contributed by atoms with E-state index in [1.807, 2.05) is 43.3 Å². The quantitative estimate of drug-likeness (QED) is 0.338. The van der Waals surface area contributed by atoms with Crippen molar-refractivity contribution in [2.45, 2.75) is 54.5 Å². The summed E-state index contributed by atoms with van der Waals surface area (Å²) in [5.74, 6) is 0. The fourth-order valence-electron chi connectivity index (χ4n) is 2.64. The highest BCUT2D eigenvalue weighted by atomic mass is 32.2. The zero-order valence-electron chi connectivity index (χ0n) is 14.1. The first-order chi connectivity index (χ1) is 11.3. The Labute approximate surface area is 150 Å². The summed E-state index contributed by atoms with van der Waals surface area (Å²) in [7, 11) is 0. The summed E-state index contributed by atoms with van der Waals surface area (Å²) < 4.78 is 14.4. The van der Waals surface area contributed by atoms with E-state index in [1.165, 1.54) is 12.8 Å². The van der Waals surface area contributed by atoms with E-state index in [0.29, 0.717) is 11.8 Å². The van der Waals surface area contributed by atoms with E-state index in [0.717, 1.165) is 10.5 Å². The highest BCUT2D eigenvalue weighted by Crippen LogP contribution is 2.45. The van der Waals surface area contributed by atoms with E-state index in [2.05, 4.69) is 0 Å². The summed E-state index contributed by atoms with van der Waals surface area (Å²) in [4.78, 5) is 11.9. The third-order valence-corrected chi connectivity index (χ3v) is 7.27. The monoisotopic (exact) mass is 366 g/mol. The molecule has 1 aliphatic carbocycles. The Kier molecular flexibility index (Phi) is 4.97. The molecule has 0 spiro atoms. The molecule has 1 aliphatic heterocycles. The molecule has 1 unspecified atom stereocenters. The maximum absolute atomic E-state index is 12.9. The summed E-state index contributed by atoms with van der Waals surface area (Å²) >= 11 is 0.608. The molecule has 0 saturated heterocycles. The van der Waals surface area contributed by atoms with E-state index in [-0.39, 0.29) is 21.4 Å². The molecule has 1 aromatic carbocycles. The predicted molar refractivity (Wildman–Crippen MR) is 98.5 cm³/mol. The molecule has 5 nitrogen and oxygen atoms in total. The standard InChI is InChI=1S/C17H22N2O3S2/c1-17(2,3)24(22)18-10-4-5-15(18)14-11-12(19(20)21)6-9-16(14)23-13-7-8-13/h4-6,9,11,13,15H,7-8,10H2,1-3H3/t15?,24-/m0/s1. The van der Waals surface area contributed by atoms with Crippen molar-refractivity contribution in [2.75, 3.05) is 6.54 Å². The van der Waals surface area contributed by atoms with Gasteiger partial charge in [0.25, 0.3) is 5.69 Å². The molecule has 2 aliphatic rings. The third kappa shape index (κ3) is 3.79. The Balaban J connectivity index is 1.96. The minimum Gasteiger partial charge on any atom is -0.597 e. The van der Waals surface area contributed by atoms with Crippen molar-refractivity contribution in [3.63, 3.8) is 0 Å². The van der Waals surface area contributed by atoms with Crippen molar-refractivity contribution in [3.8, 4) is 0 Å². The summed E-state index contributed by atoms with van der Waals surface area (Å²) in [5.41, 5.74) is 0.986. The van der Waals surface area contributed by atoms with Gasteiger partial charge in [0.1, 0.15) is 10.8 Å². The third-order valence-electron chi connectivity index (χ3n) is 3.99. The van der Waals surface area contributed by atoms with E-state index < -0.39 is 11.4 Å². The maximum Gasteiger partial charge on any atom is 0.269 e. The second-order valence-corrected chi connectivity index (χ2v) is 10.7. The number of hydrogen-bond donors (Lipinski definition) is 0. The summed E-state index contributed by atoms with van der Waals surface area (Å²) in [6.07, 6.45) is 6.40. The van der Waals surface area contributed by atoms with Gasteiger partial charge in [-0.15, -0.1) is 16.1 Å². The van der Waals surface area contributed by atoms with Crippen LogP contribution in [0.4, 0.5) is 5.69 Å². The first-order valence-corrected chi connectivity index (χ1v) is 10.1. The molecule has 7 heteroatoms. The van der Waals surface area contributed by atoms with Crippen molar-refractivity contribution >= 4 is 28.8 Å². The van der Waals surface area contributed by atoms with Crippen LogP contribution >= 0.6 is 11.8 Å². The number of nitrogens with zero attached hydrogens (tertiary/aromatic N) is 2. The molecule has 0 amide bonds. The average Bonchev–Trinajstić information content (AvgIpc) is 3.19. The van der Waals surface area contributed by atoms with E-state index in [1.54, 1.807) is 23.9 Å². The maximum atomic E-state index is 12.9. The minimum absolute atomic E-state index is 0.0898. The van der Waals surface area contributed by atoms with E-state index >= 15 is 0 Å². The molecule has 130 valence electrons. The first kappa shape index (κ1) is 17.8. The van der Waals surface area contributed by atoms with Gasteiger partial charge in [-0.2, -0.15) is 0 Å². The normalized spacial score (nSPS) is 22.8. The molecule has 1 heterocycles. The highest BCUT2D eigenvalue weighted by molar-refractivity contribution is 8.00. The van der Waals surface area contributed by atoms with Gasteiger partial charge in [-0.05, 0) is 45.2 Å². The second kappa shape index (κ2) is 6.71. The van der Waals surface area contributed by atoms with Crippen molar-refractivity contribution < 1.29 is 9.48 Å². The highest BCUT2D eigenvalue weighted by Gasteiger charge is 2.40. The molecule has 24 heavy (non-hydrogen) atoms. The van der Waals surface area contributed by atoms with Crippen LogP contribution in [-0.2, 0) is 11.4 Å². The molecule has 0 radical (unpaired) electrons. The predicted octanol–water partition coefficient (Wildman–Crippen LogP) is 4.22. The molecular weight excluding hydrogens is 344 g/mol. The lowest BCUT2D eigenvalue weighted by Gasteiger charge is -2.34. The fourth-order valence-corrected chi connectivity index (χ4v) is 5.15. The van der Waals surface area contributed by atoms with Crippen molar-refractivity contribution in [1.82, 2.24) is 4.31 Å². The minimum atomic E-state index is -1.17. The van der Waals surface area contributed by atoms with Crippen molar-refractivity contribution in [2.24, 2.45) is 0 Å². The Morgan fingerprint density at radius 2 is 2.04 bits per heavy atom. The Bertz CT molecular complexity index is 668.